The van der Waals surface area contributed by atoms with E-state index in [9.17, 15) is 4.39 Å². The Kier molecular flexibility index (Phi) is 4.33. The fourth-order valence-corrected chi connectivity index (χ4v) is 2.15. The summed E-state index contributed by atoms with van der Waals surface area (Å²) in [5, 5.41) is 3.44. The van der Waals surface area contributed by atoms with Gasteiger partial charge in [-0.1, -0.05) is 35.9 Å². The van der Waals surface area contributed by atoms with E-state index >= 15 is 0 Å². The molecule has 0 aromatic heterocycles. The van der Waals surface area contributed by atoms with Crippen LogP contribution < -0.4 is 5.32 Å². The molecule has 0 amide bonds. The van der Waals surface area contributed by atoms with Gasteiger partial charge >= 0.3 is 0 Å². The molecule has 0 heterocycles. The monoisotopic (exact) mass is 257 g/mol. The van der Waals surface area contributed by atoms with Crippen molar-refractivity contribution in [2.24, 2.45) is 0 Å². The standard InChI is InChI=1S/C17H20FN/c1-12-7-8-13(2)16(9-12)11-19-14(3)15-5-4-6-17(18)10-15/h4-10,14,19H,11H2,1-3H3. The Morgan fingerprint density at radius 1 is 1.11 bits per heavy atom. The maximum absolute atomic E-state index is 13.2. The third-order valence-corrected chi connectivity index (χ3v) is 3.45. The zero-order valence-corrected chi connectivity index (χ0v) is 11.7. The smallest absolute Gasteiger partial charge is 0.123 e. The minimum Gasteiger partial charge on any atom is -0.306 e. The summed E-state index contributed by atoms with van der Waals surface area (Å²) in [6, 6.07) is 13.3. The molecule has 0 spiro atoms. The molecule has 2 heteroatoms. The van der Waals surface area contributed by atoms with Crippen LogP contribution in [0.25, 0.3) is 0 Å². The predicted octanol–water partition coefficient (Wildman–Crippen LogP) is 4.29. The minimum atomic E-state index is -0.183. The third kappa shape index (κ3) is 3.65. The van der Waals surface area contributed by atoms with Crippen LogP contribution in [0.4, 0.5) is 4.39 Å². The maximum atomic E-state index is 13.2. The van der Waals surface area contributed by atoms with Gasteiger partial charge in [-0.3, -0.25) is 0 Å². The van der Waals surface area contributed by atoms with E-state index in [1.165, 1.54) is 22.8 Å². The van der Waals surface area contributed by atoms with E-state index in [1.54, 1.807) is 12.1 Å². The molecule has 1 nitrogen and oxygen atoms in total. The second kappa shape index (κ2) is 5.98. The fraction of sp³-hybridized carbons (Fsp3) is 0.294. The molecule has 19 heavy (non-hydrogen) atoms. The van der Waals surface area contributed by atoms with Gasteiger partial charge in [0.2, 0.25) is 0 Å². The van der Waals surface area contributed by atoms with Crippen molar-refractivity contribution in [1.82, 2.24) is 5.32 Å². The van der Waals surface area contributed by atoms with Gasteiger partial charge in [-0.15, -0.1) is 0 Å². The Morgan fingerprint density at radius 2 is 1.89 bits per heavy atom. The first kappa shape index (κ1) is 13.8. The Bertz CT molecular complexity index is 563. The van der Waals surface area contributed by atoms with Crippen LogP contribution in [0, 0.1) is 19.7 Å². The molecule has 100 valence electrons. The molecule has 1 unspecified atom stereocenters. The van der Waals surface area contributed by atoms with Gasteiger partial charge in [0.05, 0.1) is 0 Å². The maximum Gasteiger partial charge on any atom is 0.123 e. The molecule has 2 aromatic carbocycles. The van der Waals surface area contributed by atoms with Crippen molar-refractivity contribution in [3.05, 3.63) is 70.5 Å². The van der Waals surface area contributed by atoms with Crippen LogP contribution in [-0.4, -0.2) is 0 Å². The van der Waals surface area contributed by atoms with Crippen LogP contribution in [0.3, 0.4) is 0 Å². The zero-order chi connectivity index (χ0) is 13.8. The second-order valence-electron chi connectivity index (χ2n) is 5.09. The molecular weight excluding hydrogens is 237 g/mol. The predicted molar refractivity (Wildman–Crippen MR) is 77.6 cm³/mol. The first-order valence-corrected chi connectivity index (χ1v) is 6.61. The first-order chi connectivity index (χ1) is 9.06. The van der Waals surface area contributed by atoms with E-state index in [2.05, 4.69) is 44.3 Å². The minimum absolute atomic E-state index is 0.135. The molecule has 0 saturated carbocycles. The summed E-state index contributed by atoms with van der Waals surface area (Å²) in [6.45, 7) is 7.06. The summed E-state index contributed by atoms with van der Waals surface area (Å²) in [5.74, 6) is -0.183. The molecule has 0 aliphatic carbocycles. The van der Waals surface area contributed by atoms with Crippen LogP contribution >= 0.6 is 0 Å². The van der Waals surface area contributed by atoms with Gasteiger partial charge < -0.3 is 5.32 Å². The molecule has 0 aliphatic heterocycles. The van der Waals surface area contributed by atoms with E-state index in [-0.39, 0.29) is 11.9 Å². The highest BCUT2D eigenvalue weighted by Gasteiger charge is 2.06. The van der Waals surface area contributed by atoms with E-state index in [0.29, 0.717) is 0 Å². The fourth-order valence-electron chi connectivity index (χ4n) is 2.15. The van der Waals surface area contributed by atoms with Crippen molar-refractivity contribution < 1.29 is 4.39 Å². The quantitative estimate of drug-likeness (QED) is 0.861. The summed E-state index contributed by atoms with van der Waals surface area (Å²) >= 11 is 0. The average molecular weight is 257 g/mol. The molecule has 2 aromatic rings. The summed E-state index contributed by atoms with van der Waals surface area (Å²) in [6.07, 6.45) is 0. The lowest BCUT2D eigenvalue weighted by Gasteiger charge is -2.16. The number of hydrogen-bond donors (Lipinski definition) is 1. The first-order valence-electron chi connectivity index (χ1n) is 6.61. The van der Waals surface area contributed by atoms with Crippen molar-refractivity contribution in [3.63, 3.8) is 0 Å². The number of hydrogen-bond acceptors (Lipinski definition) is 1. The van der Waals surface area contributed by atoms with Crippen molar-refractivity contribution in [2.75, 3.05) is 0 Å². The van der Waals surface area contributed by atoms with Gasteiger partial charge in [0.15, 0.2) is 0 Å². The Morgan fingerprint density at radius 3 is 2.63 bits per heavy atom. The van der Waals surface area contributed by atoms with Crippen LogP contribution in [0.1, 0.15) is 35.2 Å². The van der Waals surface area contributed by atoms with Gasteiger partial charge in [0, 0.05) is 12.6 Å². The Balaban J connectivity index is 2.04. The molecule has 0 fully saturated rings. The number of aryl methyl sites for hydroxylation is 2. The van der Waals surface area contributed by atoms with E-state index in [0.717, 1.165) is 12.1 Å². The molecule has 0 saturated heterocycles. The van der Waals surface area contributed by atoms with E-state index in [1.807, 2.05) is 6.07 Å². The van der Waals surface area contributed by atoms with Gasteiger partial charge in [-0.05, 0) is 49.6 Å². The molecule has 0 bridgehead atoms. The lowest BCUT2D eigenvalue weighted by atomic mass is 10.0. The Hall–Kier alpha value is -1.67. The van der Waals surface area contributed by atoms with Gasteiger partial charge in [-0.25, -0.2) is 4.39 Å². The summed E-state index contributed by atoms with van der Waals surface area (Å²) in [4.78, 5) is 0. The van der Waals surface area contributed by atoms with Crippen LogP contribution in [-0.2, 0) is 6.54 Å². The lowest BCUT2D eigenvalue weighted by Crippen LogP contribution is -2.18. The molecule has 1 N–H and O–H groups in total. The van der Waals surface area contributed by atoms with Crippen molar-refractivity contribution in [1.29, 1.82) is 0 Å². The highest BCUT2D eigenvalue weighted by Crippen LogP contribution is 2.16. The second-order valence-corrected chi connectivity index (χ2v) is 5.09. The van der Waals surface area contributed by atoms with Gasteiger partial charge in [0.1, 0.15) is 5.82 Å². The summed E-state index contributed by atoms with van der Waals surface area (Å²) in [7, 11) is 0. The van der Waals surface area contributed by atoms with Crippen molar-refractivity contribution in [2.45, 2.75) is 33.4 Å². The number of nitrogens with one attached hydrogen (secondary N) is 1. The normalized spacial score (nSPS) is 12.4. The molecule has 0 radical (unpaired) electrons. The molecule has 0 aliphatic rings. The van der Waals surface area contributed by atoms with E-state index < -0.39 is 0 Å². The lowest BCUT2D eigenvalue weighted by molar-refractivity contribution is 0.564. The topological polar surface area (TPSA) is 12.0 Å². The molecule has 2 rings (SSSR count). The molecule has 1 atom stereocenters. The Labute approximate surface area is 114 Å². The molecular formula is C17H20FN. The van der Waals surface area contributed by atoms with Gasteiger partial charge in [-0.2, -0.15) is 0 Å². The largest absolute Gasteiger partial charge is 0.306 e. The summed E-state index contributed by atoms with van der Waals surface area (Å²) < 4.78 is 13.2. The van der Waals surface area contributed by atoms with Crippen molar-refractivity contribution >= 4 is 0 Å². The zero-order valence-electron chi connectivity index (χ0n) is 11.7. The van der Waals surface area contributed by atoms with Crippen LogP contribution in [0.2, 0.25) is 0 Å². The number of rotatable bonds is 4. The average Bonchev–Trinajstić information content (AvgIpc) is 2.39. The van der Waals surface area contributed by atoms with Crippen LogP contribution in [0.5, 0.6) is 0 Å². The third-order valence-electron chi connectivity index (χ3n) is 3.45. The SMILES string of the molecule is Cc1ccc(C)c(CNC(C)c2cccc(F)c2)c1. The van der Waals surface area contributed by atoms with Crippen molar-refractivity contribution in [3.8, 4) is 0 Å². The van der Waals surface area contributed by atoms with E-state index in [4.69, 9.17) is 0 Å². The summed E-state index contributed by atoms with van der Waals surface area (Å²) in [5.41, 5.74) is 4.82. The highest BCUT2D eigenvalue weighted by atomic mass is 19.1. The van der Waals surface area contributed by atoms with Crippen LogP contribution in [0.15, 0.2) is 42.5 Å². The number of halogens is 1. The highest BCUT2D eigenvalue weighted by molar-refractivity contribution is 5.30. The number of benzene rings is 2. The van der Waals surface area contributed by atoms with Gasteiger partial charge in [0.25, 0.3) is 0 Å².